The van der Waals surface area contributed by atoms with E-state index in [1.807, 2.05) is 0 Å². The lowest BCUT2D eigenvalue weighted by Crippen LogP contribution is -2.25. The van der Waals surface area contributed by atoms with Crippen LogP contribution in [0, 0.1) is 0 Å². The first kappa shape index (κ1) is 9.99. The summed E-state index contributed by atoms with van der Waals surface area (Å²) in [6, 6.07) is 2.51. The molecule has 1 aliphatic carbocycles. The van der Waals surface area contributed by atoms with Gasteiger partial charge in [-0.05, 0) is 18.9 Å². The molecule has 0 saturated carbocycles. The second-order valence-electron chi connectivity index (χ2n) is 3.64. The average molecular weight is 256 g/mol. The summed E-state index contributed by atoms with van der Waals surface area (Å²) < 4.78 is 6.41. The van der Waals surface area contributed by atoms with Crippen molar-refractivity contribution in [2.45, 2.75) is 25.3 Å². The van der Waals surface area contributed by atoms with Crippen LogP contribution >= 0.6 is 15.9 Å². The van der Waals surface area contributed by atoms with Crippen molar-refractivity contribution in [2.75, 3.05) is 6.54 Å². The summed E-state index contributed by atoms with van der Waals surface area (Å²) in [5.41, 5.74) is 1.32. The Morgan fingerprint density at radius 3 is 3.36 bits per heavy atom. The molecule has 3 heteroatoms. The van der Waals surface area contributed by atoms with E-state index in [4.69, 9.17) is 4.42 Å². The lowest BCUT2D eigenvalue weighted by molar-refractivity contribution is 0.421. The van der Waals surface area contributed by atoms with Crippen LogP contribution in [0.15, 0.2) is 27.8 Å². The van der Waals surface area contributed by atoms with Gasteiger partial charge in [-0.3, -0.25) is 0 Å². The molecule has 1 N–H and O–H groups in total. The van der Waals surface area contributed by atoms with E-state index in [-0.39, 0.29) is 0 Å². The van der Waals surface area contributed by atoms with Crippen LogP contribution < -0.4 is 5.32 Å². The third kappa shape index (κ3) is 2.10. The summed E-state index contributed by atoms with van der Waals surface area (Å²) in [5.74, 6) is 1.15. The zero-order valence-corrected chi connectivity index (χ0v) is 9.64. The van der Waals surface area contributed by atoms with Crippen LogP contribution in [0.25, 0.3) is 0 Å². The highest BCUT2D eigenvalue weighted by Crippen LogP contribution is 2.30. The summed E-state index contributed by atoms with van der Waals surface area (Å²) in [6.45, 7) is 4.63. The van der Waals surface area contributed by atoms with E-state index >= 15 is 0 Å². The highest BCUT2D eigenvalue weighted by Gasteiger charge is 2.21. The maximum atomic E-state index is 5.42. The quantitative estimate of drug-likeness (QED) is 0.898. The zero-order chi connectivity index (χ0) is 9.97. The minimum absolute atomic E-state index is 0.437. The molecule has 0 fully saturated rings. The Hall–Kier alpha value is -0.540. The third-order valence-corrected chi connectivity index (χ3v) is 2.87. The van der Waals surface area contributed by atoms with Gasteiger partial charge in [-0.15, -0.1) is 0 Å². The molecule has 0 aliphatic heterocycles. The molecule has 0 spiro atoms. The predicted octanol–water partition coefficient (Wildman–Crippen LogP) is 3.16. The molecule has 0 amide bonds. The predicted molar refractivity (Wildman–Crippen MR) is 60.5 cm³/mol. The number of hydrogen-bond acceptors (Lipinski definition) is 2. The fourth-order valence-electron chi connectivity index (χ4n) is 1.93. The summed E-state index contributed by atoms with van der Waals surface area (Å²) >= 11 is 3.35. The molecule has 1 unspecified atom stereocenters. The maximum Gasteiger partial charge on any atom is 0.108 e. The minimum Gasteiger partial charge on any atom is -0.469 e. The van der Waals surface area contributed by atoms with Crippen LogP contribution in [-0.2, 0) is 6.42 Å². The van der Waals surface area contributed by atoms with Crippen molar-refractivity contribution in [2.24, 2.45) is 0 Å². The largest absolute Gasteiger partial charge is 0.469 e. The molecular formula is C11H14BrNO. The van der Waals surface area contributed by atoms with Gasteiger partial charge in [-0.2, -0.15) is 0 Å². The monoisotopic (exact) mass is 255 g/mol. The van der Waals surface area contributed by atoms with E-state index < -0.39 is 0 Å². The molecule has 2 rings (SSSR count). The number of halogens is 1. The van der Waals surface area contributed by atoms with Crippen LogP contribution in [-0.4, -0.2) is 6.54 Å². The fraction of sp³-hybridized carbons (Fsp3) is 0.455. The number of furan rings is 1. The molecule has 1 atom stereocenters. The minimum atomic E-state index is 0.437. The van der Waals surface area contributed by atoms with Crippen LogP contribution in [0.4, 0.5) is 0 Å². The first-order valence-corrected chi connectivity index (χ1v) is 5.69. The Bertz CT molecular complexity index is 332. The lowest BCUT2D eigenvalue weighted by Gasteiger charge is -2.22. The first-order chi connectivity index (χ1) is 6.77. The second kappa shape index (κ2) is 4.32. The Balaban J connectivity index is 2.05. The molecule has 1 aromatic heterocycles. The molecule has 0 bridgehead atoms. The van der Waals surface area contributed by atoms with Crippen LogP contribution in [0.1, 0.15) is 30.2 Å². The fourth-order valence-corrected chi connectivity index (χ4v) is 2.09. The smallest absolute Gasteiger partial charge is 0.108 e. The van der Waals surface area contributed by atoms with Crippen molar-refractivity contribution in [1.82, 2.24) is 5.32 Å². The molecule has 1 aliphatic rings. The van der Waals surface area contributed by atoms with E-state index in [0.29, 0.717) is 6.04 Å². The molecule has 14 heavy (non-hydrogen) atoms. The number of aryl methyl sites for hydroxylation is 1. The van der Waals surface area contributed by atoms with Crippen LogP contribution in [0.2, 0.25) is 0 Å². The maximum absolute atomic E-state index is 5.42. The van der Waals surface area contributed by atoms with E-state index in [1.54, 1.807) is 6.26 Å². The Labute approximate surface area is 92.5 Å². The number of nitrogens with one attached hydrogen (secondary N) is 1. The molecule has 1 aromatic rings. The van der Waals surface area contributed by atoms with E-state index in [1.165, 1.54) is 18.4 Å². The highest BCUT2D eigenvalue weighted by molar-refractivity contribution is 9.11. The van der Waals surface area contributed by atoms with Crippen molar-refractivity contribution < 1.29 is 4.42 Å². The van der Waals surface area contributed by atoms with E-state index in [9.17, 15) is 0 Å². The Morgan fingerprint density at radius 1 is 1.71 bits per heavy atom. The van der Waals surface area contributed by atoms with Crippen molar-refractivity contribution in [1.29, 1.82) is 0 Å². The van der Waals surface area contributed by atoms with Gasteiger partial charge in [-0.25, -0.2) is 0 Å². The zero-order valence-electron chi connectivity index (χ0n) is 8.05. The van der Waals surface area contributed by atoms with Crippen molar-refractivity contribution in [3.8, 4) is 0 Å². The number of rotatable bonds is 3. The molecule has 1 heterocycles. The van der Waals surface area contributed by atoms with Crippen molar-refractivity contribution in [3.63, 3.8) is 0 Å². The summed E-state index contributed by atoms with van der Waals surface area (Å²) in [6.07, 6.45) is 5.25. The van der Waals surface area contributed by atoms with Gasteiger partial charge in [0, 0.05) is 29.1 Å². The summed E-state index contributed by atoms with van der Waals surface area (Å²) in [4.78, 5) is 0. The van der Waals surface area contributed by atoms with Gasteiger partial charge in [-0.1, -0.05) is 22.5 Å². The van der Waals surface area contributed by atoms with Crippen molar-refractivity contribution >= 4 is 15.9 Å². The van der Waals surface area contributed by atoms with Crippen LogP contribution in [0.3, 0.4) is 0 Å². The van der Waals surface area contributed by atoms with Gasteiger partial charge in [0.15, 0.2) is 0 Å². The second-order valence-corrected chi connectivity index (χ2v) is 4.76. The highest BCUT2D eigenvalue weighted by atomic mass is 79.9. The molecule has 2 nitrogen and oxygen atoms in total. The molecular weight excluding hydrogens is 242 g/mol. The SMILES string of the molecule is C=C(Br)CNC1CCCc2occc21. The van der Waals surface area contributed by atoms with Crippen LogP contribution in [0.5, 0.6) is 0 Å². The van der Waals surface area contributed by atoms with Gasteiger partial charge in [0.05, 0.1) is 6.26 Å². The number of hydrogen-bond donors (Lipinski definition) is 1. The Kier molecular flexibility index (Phi) is 3.08. The summed E-state index contributed by atoms with van der Waals surface area (Å²) in [5, 5.41) is 3.46. The van der Waals surface area contributed by atoms with Gasteiger partial charge in [0.2, 0.25) is 0 Å². The normalized spacial score (nSPS) is 20.5. The van der Waals surface area contributed by atoms with Gasteiger partial charge in [0.25, 0.3) is 0 Å². The lowest BCUT2D eigenvalue weighted by atomic mass is 9.93. The van der Waals surface area contributed by atoms with Crippen molar-refractivity contribution in [3.05, 3.63) is 34.7 Å². The molecule has 0 radical (unpaired) electrons. The standard InChI is InChI=1S/C11H14BrNO/c1-8(12)7-13-10-3-2-4-11-9(10)5-6-14-11/h5-6,10,13H,1-4,7H2. The Morgan fingerprint density at radius 2 is 2.57 bits per heavy atom. The summed E-state index contributed by atoms with van der Waals surface area (Å²) in [7, 11) is 0. The topological polar surface area (TPSA) is 25.2 Å². The third-order valence-electron chi connectivity index (χ3n) is 2.59. The average Bonchev–Trinajstić information content (AvgIpc) is 2.62. The van der Waals surface area contributed by atoms with Gasteiger partial charge < -0.3 is 9.73 Å². The number of fused-ring (bicyclic) bond motifs is 1. The van der Waals surface area contributed by atoms with E-state index in [2.05, 4.69) is 33.9 Å². The molecule has 76 valence electrons. The molecule has 0 aromatic carbocycles. The van der Waals surface area contributed by atoms with E-state index in [0.717, 1.165) is 23.2 Å². The van der Waals surface area contributed by atoms with Gasteiger partial charge in [0.1, 0.15) is 5.76 Å². The van der Waals surface area contributed by atoms with Gasteiger partial charge >= 0.3 is 0 Å². The first-order valence-electron chi connectivity index (χ1n) is 4.90. The molecule has 0 saturated heterocycles.